The van der Waals surface area contributed by atoms with Gasteiger partial charge in [0.2, 0.25) is 0 Å². The minimum atomic E-state index is 0.459. The van der Waals surface area contributed by atoms with E-state index in [-0.39, 0.29) is 0 Å². The zero-order chi connectivity index (χ0) is 11.6. The highest BCUT2D eigenvalue weighted by atomic mass is 16.1. The first-order valence-corrected chi connectivity index (χ1v) is 7.79. The summed E-state index contributed by atoms with van der Waals surface area (Å²) in [7, 11) is 0. The van der Waals surface area contributed by atoms with E-state index in [1.54, 1.807) is 0 Å². The van der Waals surface area contributed by atoms with Crippen molar-refractivity contribution in [2.75, 3.05) is 0 Å². The number of rotatable bonds is 2. The molecule has 4 atom stereocenters. The van der Waals surface area contributed by atoms with E-state index in [1.807, 2.05) is 0 Å². The summed E-state index contributed by atoms with van der Waals surface area (Å²) in [6.45, 7) is 2.34. The number of fused-ring (bicyclic) bond motifs is 5. The zero-order valence-corrected chi connectivity index (χ0v) is 10.9. The first-order valence-electron chi connectivity index (χ1n) is 7.79. The molecule has 1 heteroatoms. The monoisotopic (exact) mass is 232 g/mol. The van der Waals surface area contributed by atoms with Crippen LogP contribution in [0.15, 0.2) is 0 Å². The molecule has 2 bridgehead atoms. The Morgan fingerprint density at radius 3 is 2.06 bits per heavy atom. The summed E-state index contributed by atoms with van der Waals surface area (Å²) >= 11 is 0. The van der Waals surface area contributed by atoms with Crippen molar-refractivity contribution < 1.29 is 4.79 Å². The van der Waals surface area contributed by atoms with Crippen molar-refractivity contribution in [3.8, 4) is 0 Å². The minimum absolute atomic E-state index is 0.459. The molecule has 0 aromatic heterocycles. The molecule has 0 spiro atoms. The number of hydrogen-bond donors (Lipinski definition) is 0. The van der Waals surface area contributed by atoms with Gasteiger partial charge in [0.25, 0.3) is 0 Å². The maximum atomic E-state index is 12.6. The smallest absolute Gasteiger partial charge is 0.139 e. The highest BCUT2D eigenvalue weighted by Gasteiger charge is 2.67. The lowest BCUT2D eigenvalue weighted by Gasteiger charge is -2.25. The van der Waals surface area contributed by atoms with E-state index in [0.717, 1.165) is 29.6 Å². The molecule has 94 valence electrons. The average molecular weight is 232 g/mol. The Bertz CT molecular complexity index is 323. The standard InChI is InChI=1S/C16H24O/c1-9-2-4-10(5-3-9)16(17)15-13-11-6-7-12(8-11)14(13)15/h9-15H,2-8H2,1H3. The number of carbonyl (C=O) groups excluding carboxylic acids is 1. The minimum Gasteiger partial charge on any atom is -0.299 e. The summed E-state index contributed by atoms with van der Waals surface area (Å²) in [6.07, 6.45) is 9.35. The molecule has 0 heterocycles. The molecule has 1 nitrogen and oxygen atoms in total. The Kier molecular flexibility index (Phi) is 2.23. The molecule has 4 unspecified atom stereocenters. The van der Waals surface area contributed by atoms with Crippen LogP contribution in [0.4, 0.5) is 0 Å². The quantitative estimate of drug-likeness (QED) is 0.710. The summed E-state index contributed by atoms with van der Waals surface area (Å²) in [5.74, 6) is 6.21. The predicted octanol–water partition coefficient (Wildman–Crippen LogP) is 3.67. The molecule has 4 aliphatic carbocycles. The van der Waals surface area contributed by atoms with Gasteiger partial charge in [-0.1, -0.05) is 19.8 Å². The maximum Gasteiger partial charge on any atom is 0.139 e. The summed E-state index contributed by atoms with van der Waals surface area (Å²) < 4.78 is 0. The van der Waals surface area contributed by atoms with Crippen molar-refractivity contribution in [3.05, 3.63) is 0 Å². The zero-order valence-electron chi connectivity index (χ0n) is 10.9. The lowest BCUT2D eigenvalue weighted by Crippen LogP contribution is -2.24. The number of hydrogen-bond acceptors (Lipinski definition) is 1. The molecule has 0 radical (unpaired) electrons. The Morgan fingerprint density at radius 2 is 1.47 bits per heavy atom. The van der Waals surface area contributed by atoms with Crippen LogP contribution < -0.4 is 0 Å². The molecule has 0 amide bonds. The molecule has 4 aliphatic rings. The summed E-state index contributed by atoms with van der Waals surface area (Å²) in [5, 5.41) is 0. The highest BCUT2D eigenvalue weighted by molar-refractivity contribution is 5.87. The molecule has 0 aromatic rings. The van der Waals surface area contributed by atoms with Gasteiger partial charge in [0.15, 0.2) is 0 Å². The Balaban J connectivity index is 1.42. The van der Waals surface area contributed by atoms with E-state index in [4.69, 9.17) is 0 Å². The second-order valence-corrected chi connectivity index (χ2v) is 7.37. The Hall–Kier alpha value is -0.330. The van der Waals surface area contributed by atoms with E-state index in [2.05, 4.69) is 6.92 Å². The van der Waals surface area contributed by atoms with Crippen LogP contribution in [0.3, 0.4) is 0 Å². The topological polar surface area (TPSA) is 17.1 Å². The van der Waals surface area contributed by atoms with Gasteiger partial charge in [-0.15, -0.1) is 0 Å². The van der Waals surface area contributed by atoms with Crippen LogP contribution in [0.1, 0.15) is 51.9 Å². The Morgan fingerprint density at radius 1 is 0.882 bits per heavy atom. The van der Waals surface area contributed by atoms with Crippen molar-refractivity contribution >= 4 is 5.78 Å². The fourth-order valence-corrected chi connectivity index (χ4v) is 5.52. The van der Waals surface area contributed by atoms with Crippen molar-refractivity contribution in [3.63, 3.8) is 0 Å². The van der Waals surface area contributed by atoms with Crippen LogP contribution in [0.5, 0.6) is 0 Å². The summed E-state index contributed by atoms with van der Waals surface area (Å²) in [4.78, 5) is 12.6. The average Bonchev–Trinajstić information content (AvgIpc) is 2.77. The van der Waals surface area contributed by atoms with Gasteiger partial charge in [-0.2, -0.15) is 0 Å². The molecule has 0 aliphatic heterocycles. The molecule has 4 saturated carbocycles. The van der Waals surface area contributed by atoms with E-state index in [1.165, 1.54) is 44.9 Å². The fraction of sp³-hybridized carbons (Fsp3) is 0.938. The van der Waals surface area contributed by atoms with Crippen LogP contribution in [0, 0.1) is 41.4 Å². The SMILES string of the molecule is CC1CCC(C(=O)C2C3C4CCC(C4)C23)CC1. The lowest BCUT2D eigenvalue weighted by molar-refractivity contribution is -0.126. The van der Waals surface area contributed by atoms with Gasteiger partial charge in [0.05, 0.1) is 0 Å². The first kappa shape index (κ1) is 10.6. The molecule has 0 saturated heterocycles. The van der Waals surface area contributed by atoms with Gasteiger partial charge in [0.1, 0.15) is 5.78 Å². The molecule has 0 N–H and O–H groups in total. The van der Waals surface area contributed by atoms with Gasteiger partial charge < -0.3 is 0 Å². The van der Waals surface area contributed by atoms with Gasteiger partial charge in [-0.25, -0.2) is 0 Å². The Labute approximate surface area is 104 Å². The third kappa shape index (κ3) is 1.47. The number of Topliss-reactive ketones (excluding diaryl/α,β-unsaturated/α-hetero) is 1. The fourth-order valence-electron chi connectivity index (χ4n) is 5.52. The normalized spacial score (nSPS) is 55.7. The maximum absolute atomic E-state index is 12.6. The van der Waals surface area contributed by atoms with Crippen molar-refractivity contribution in [2.24, 2.45) is 41.4 Å². The predicted molar refractivity (Wildman–Crippen MR) is 67.4 cm³/mol. The van der Waals surface area contributed by atoms with Gasteiger partial charge in [0, 0.05) is 11.8 Å². The van der Waals surface area contributed by atoms with Crippen molar-refractivity contribution in [1.82, 2.24) is 0 Å². The van der Waals surface area contributed by atoms with Crippen molar-refractivity contribution in [2.45, 2.75) is 51.9 Å². The lowest BCUT2D eigenvalue weighted by atomic mass is 9.78. The number of carbonyl (C=O) groups is 1. The van der Waals surface area contributed by atoms with Crippen LogP contribution in [-0.2, 0) is 4.79 Å². The van der Waals surface area contributed by atoms with Crippen LogP contribution in [-0.4, -0.2) is 5.78 Å². The van der Waals surface area contributed by atoms with E-state index in [9.17, 15) is 4.79 Å². The second kappa shape index (κ2) is 3.59. The number of ketones is 1. The van der Waals surface area contributed by atoms with Gasteiger partial charge in [-0.05, 0) is 61.7 Å². The summed E-state index contributed by atoms with van der Waals surface area (Å²) in [5.41, 5.74) is 0. The molecule has 4 fully saturated rings. The first-order chi connectivity index (χ1) is 8.25. The van der Waals surface area contributed by atoms with Gasteiger partial charge in [-0.3, -0.25) is 4.79 Å². The van der Waals surface area contributed by atoms with Crippen molar-refractivity contribution in [1.29, 1.82) is 0 Å². The molecular weight excluding hydrogens is 208 g/mol. The second-order valence-electron chi connectivity index (χ2n) is 7.37. The molecule has 4 rings (SSSR count). The van der Waals surface area contributed by atoms with Crippen LogP contribution in [0.2, 0.25) is 0 Å². The third-order valence-electron chi connectivity index (χ3n) is 6.48. The largest absolute Gasteiger partial charge is 0.299 e. The highest BCUT2D eigenvalue weighted by Crippen LogP contribution is 2.70. The molecule has 0 aromatic carbocycles. The van der Waals surface area contributed by atoms with E-state index < -0.39 is 0 Å². The summed E-state index contributed by atoms with van der Waals surface area (Å²) in [6, 6.07) is 0. The molecular formula is C16H24O. The molecule has 17 heavy (non-hydrogen) atoms. The van der Waals surface area contributed by atoms with Crippen LogP contribution in [0.25, 0.3) is 0 Å². The third-order valence-corrected chi connectivity index (χ3v) is 6.48. The van der Waals surface area contributed by atoms with E-state index in [0.29, 0.717) is 17.6 Å². The van der Waals surface area contributed by atoms with E-state index >= 15 is 0 Å². The van der Waals surface area contributed by atoms with Gasteiger partial charge >= 0.3 is 0 Å². The van der Waals surface area contributed by atoms with Crippen LogP contribution >= 0.6 is 0 Å².